The van der Waals surface area contributed by atoms with Gasteiger partial charge in [-0.1, -0.05) is 18.1 Å². The van der Waals surface area contributed by atoms with Gasteiger partial charge >= 0.3 is 0 Å². The van der Waals surface area contributed by atoms with E-state index in [-0.39, 0.29) is 11.9 Å². The fraction of sp³-hybridized carbons (Fsp3) is 0.688. The number of hydrogen-bond donors (Lipinski definition) is 1. The van der Waals surface area contributed by atoms with Crippen LogP contribution in [0.3, 0.4) is 0 Å². The summed E-state index contributed by atoms with van der Waals surface area (Å²) >= 11 is 0. The predicted molar refractivity (Wildman–Crippen MR) is 81.1 cm³/mol. The predicted octanol–water partition coefficient (Wildman–Crippen LogP) is 2.62. The van der Waals surface area contributed by atoms with E-state index in [0.29, 0.717) is 5.82 Å². The molecule has 5 heteroatoms. The van der Waals surface area contributed by atoms with Gasteiger partial charge < -0.3 is 9.88 Å². The Morgan fingerprint density at radius 3 is 2.86 bits per heavy atom. The van der Waals surface area contributed by atoms with Gasteiger partial charge in [0.2, 0.25) is 5.82 Å². The van der Waals surface area contributed by atoms with Crippen LogP contribution in [0, 0.1) is 0 Å². The summed E-state index contributed by atoms with van der Waals surface area (Å²) in [5.74, 6) is 1.35. The molecule has 3 rings (SSSR count). The SMILES string of the molecule is CC(NC(=O)c1nnc2n1CCCCC2)C1=CCCCC1. The first-order valence-electron chi connectivity index (χ1n) is 8.17. The van der Waals surface area contributed by atoms with Crippen LogP contribution in [0.25, 0.3) is 0 Å². The number of aromatic nitrogens is 3. The van der Waals surface area contributed by atoms with Gasteiger partial charge in [-0.15, -0.1) is 10.2 Å². The summed E-state index contributed by atoms with van der Waals surface area (Å²) in [6.45, 7) is 2.93. The molecule has 1 unspecified atom stereocenters. The molecule has 1 atom stereocenters. The Labute approximate surface area is 125 Å². The summed E-state index contributed by atoms with van der Waals surface area (Å²) < 4.78 is 2.00. The number of nitrogens with one attached hydrogen (secondary N) is 1. The molecule has 1 N–H and O–H groups in total. The van der Waals surface area contributed by atoms with Gasteiger partial charge in [-0.05, 0) is 45.4 Å². The number of fused-ring (bicyclic) bond motifs is 1. The number of carbonyl (C=O) groups excluding carboxylic acids is 1. The lowest BCUT2D eigenvalue weighted by atomic mass is 9.95. The highest BCUT2D eigenvalue weighted by Crippen LogP contribution is 2.20. The third-order valence-corrected chi connectivity index (χ3v) is 4.54. The van der Waals surface area contributed by atoms with E-state index in [1.165, 1.54) is 24.8 Å². The van der Waals surface area contributed by atoms with E-state index in [2.05, 4.69) is 28.5 Å². The number of nitrogens with zero attached hydrogens (tertiary/aromatic N) is 3. The molecule has 1 aromatic heterocycles. The minimum absolute atomic E-state index is 0.0883. The third-order valence-electron chi connectivity index (χ3n) is 4.54. The number of allylic oxidation sites excluding steroid dienone is 1. The highest BCUT2D eigenvalue weighted by molar-refractivity contribution is 5.91. The van der Waals surface area contributed by atoms with E-state index in [1.54, 1.807) is 0 Å². The molecule has 0 aromatic carbocycles. The fourth-order valence-electron chi connectivity index (χ4n) is 3.26. The summed E-state index contributed by atoms with van der Waals surface area (Å²) in [6, 6.07) is 0.0940. The van der Waals surface area contributed by atoms with Crippen LogP contribution in [-0.4, -0.2) is 26.7 Å². The standard InChI is InChI=1S/C16H24N4O/c1-12(13-8-4-2-5-9-13)17-16(21)15-19-18-14-10-6-3-7-11-20(14)15/h8,12H,2-7,9-11H2,1H3,(H,17,21). The van der Waals surface area contributed by atoms with Gasteiger partial charge in [0.05, 0.1) is 0 Å². The molecule has 0 radical (unpaired) electrons. The molecule has 5 nitrogen and oxygen atoms in total. The van der Waals surface area contributed by atoms with E-state index in [0.717, 1.165) is 44.5 Å². The van der Waals surface area contributed by atoms with E-state index < -0.39 is 0 Å². The molecular weight excluding hydrogens is 264 g/mol. The lowest BCUT2D eigenvalue weighted by molar-refractivity contribution is 0.0929. The first-order chi connectivity index (χ1) is 10.3. The molecule has 0 fully saturated rings. The molecule has 2 aliphatic rings. The average Bonchev–Trinajstić information content (AvgIpc) is 2.77. The third kappa shape index (κ3) is 3.17. The zero-order valence-electron chi connectivity index (χ0n) is 12.8. The summed E-state index contributed by atoms with van der Waals surface area (Å²) in [7, 11) is 0. The maximum Gasteiger partial charge on any atom is 0.289 e. The van der Waals surface area contributed by atoms with Gasteiger partial charge in [0, 0.05) is 19.0 Å². The number of aryl methyl sites for hydroxylation is 1. The Hall–Kier alpha value is -1.65. The minimum atomic E-state index is -0.0883. The van der Waals surface area contributed by atoms with Crippen molar-refractivity contribution in [2.45, 2.75) is 70.9 Å². The molecule has 1 aliphatic carbocycles. The van der Waals surface area contributed by atoms with Crippen molar-refractivity contribution in [1.29, 1.82) is 0 Å². The van der Waals surface area contributed by atoms with Crippen LogP contribution in [0.1, 0.15) is 68.3 Å². The minimum Gasteiger partial charge on any atom is -0.343 e. The van der Waals surface area contributed by atoms with Crippen molar-refractivity contribution in [2.24, 2.45) is 0 Å². The normalized spacial score (nSPS) is 20.1. The van der Waals surface area contributed by atoms with Crippen molar-refractivity contribution in [2.75, 3.05) is 0 Å². The van der Waals surface area contributed by atoms with Gasteiger partial charge in [-0.3, -0.25) is 4.79 Å². The number of rotatable bonds is 3. The zero-order valence-corrected chi connectivity index (χ0v) is 12.8. The van der Waals surface area contributed by atoms with Crippen molar-refractivity contribution < 1.29 is 4.79 Å². The molecule has 0 saturated carbocycles. The highest BCUT2D eigenvalue weighted by Gasteiger charge is 2.22. The molecule has 21 heavy (non-hydrogen) atoms. The van der Waals surface area contributed by atoms with Crippen molar-refractivity contribution in [3.63, 3.8) is 0 Å². The molecular formula is C16H24N4O. The smallest absolute Gasteiger partial charge is 0.289 e. The topological polar surface area (TPSA) is 59.8 Å². The maximum absolute atomic E-state index is 12.5. The summed E-state index contributed by atoms with van der Waals surface area (Å²) in [6.07, 6.45) is 11.4. The number of carbonyl (C=O) groups is 1. The first-order valence-corrected chi connectivity index (χ1v) is 8.17. The number of hydrogen-bond acceptors (Lipinski definition) is 3. The van der Waals surface area contributed by atoms with Crippen molar-refractivity contribution in [3.05, 3.63) is 23.3 Å². The summed E-state index contributed by atoms with van der Waals surface area (Å²) in [5.41, 5.74) is 1.35. The molecule has 1 amide bonds. The van der Waals surface area contributed by atoms with E-state index in [1.807, 2.05) is 4.57 Å². The quantitative estimate of drug-likeness (QED) is 0.870. The maximum atomic E-state index is 12.5. The van der Waals surface area contributed by atoms with Crippen LogP contribution in [0.15, 0.2) is 11.6 Å². The first kappa shape index (κ1) is 14.3. The zero-order chi connectivity index (χ0) is 14.7. The molecule has 1 aromatic rings. The Kier molecular flexibility index (Phi) is 4.36. The lowest BCUT2D eigenvalue weighted by Crippen LogP contribution is -2.36. The summed E-state index contributed by atoms with van der Waals surface area (Å²) in [5, 5.41) is 11.4. The molecule has 0 spiro atoms. The van der Waals surface area contributed by atoms with Crippen molar-refractivity contribution in [3.8, 4) is 0 Å². The van der Waals surface area contributed by atoms with Crippen LogP contribution in [-0.2, 0) is 13.0 Å². The molecule has 0 bridgehead atoms. The van der Waals surface area contributed by atoms with E-state index >= 15 is 0 Å². The van der Waals surface area contributed by atoms with Gasteiger partial charge in [0.1, 0.15) is 5.82 Å². The number of amides is 1. The Morgan fingerprint density at radius 1 is 1.19 bits per heavy atom. The molecule has 1 aliphatic heterocycles. The van der Waals surface area contributed by atoms with E-state index in [9.17, 15) is 4.79 Å². The Bertz CT molecular complexity index is 546. The summed E-state index contributed by atoms with van der Waals surface area (Å²) in [4.78, 5) is 12.5. The van der Waals surface area contributed by atoms with Gasteiger partial charge in [0.25, 0.3) is 5.91 Å². The van der Waals surface area contributed by atoms with Crippen molar-refractivity contribution in [1.82, 2.24) is 20.1 Å². The average molecular weight is 288 g/mol. The van der Waals surface area contributed by atoms with Gasteiger partial charge in [0.15, 0.2) is 0 Å². The highest BCUT2D eigenvalue weighted by atomic mass is 16.2. The Morgan fingerprint density at radius 2 is 2.05 bits per heavy atom. The van der Waals surface area contributed by atoms with Crippen LogP contribution in [0.2, 0.25) is 0 Å². The lowest BCUT2D eigenvalue weighted by Gasteiger charge is -2.20. The van der Waals surface area contributed by atoms with Crippen LogP contribution >= 0.6 is 0 Å². The van der Waals surface area contributed by atoms with E-state index in [4.69, 9.17) is 0 Å². The second kappa shape index (κ2) is 6.41. The largest absolute Gasteiger partial charge is 0.343 e. The molecule has 0 saturated heterocycles. The second-order valence-corrected chi connectivity index (χ2v) is 6.12. The van der Waals surface area contributed by atoms with Gasteiger partial charge in [-0.25, -0.2) is 0 Å². The van der Waals surface area contributed by atoms with Gasteiger partial charge in [-0.2, -0.15) is 0 Å². The fourth-order valence-corrected chi connectivity index (χ4v) is 3.26. The van der Waals surface area contributed by atoms with Crippen LogP contribution < -0.4 is 5.32 Å². The monoisotopic (exact) mass is 288 g/mol. The van der Waals surface area contributed by atoms with Crippen LogP contribution in [0.4, 0.5) is 0 Å². The Balaban J connectivity index is 1.70. The van der Waals surface area contributed by atoms with Crippen molar-refractivity contribution >= 4 is 5.91 Å². The molecule has 114 valence electrons. The molecule has 2 heterocycles. The second-order valence-electron chi connectivity index (χ2n) is 6.12. The van der Waals surface area contributed by atoms with Crippen LogP contribution in [0.5, 0.6) is 0 Å².